The minimum absolute atomic E-state index is 0.613. The summed E-state index contributed by atoms with van der Waals surface area (Å²) in [6, 6.07) is 13.8. The second-order valence-corrected chi connectivity index (χ2v) is 4.72. The van der Waals surface area contributed by atoms with Crippen LogP contribution < -0.4 is 10.2 Å². The lowest BCUT2D eigenvalue weighted by atomic mass is 10.2. The number of H-pyrrole nitrogens is 1. The fourth-order valence-electron chi connectivity index (χ4n) is 2.11. The van der Waals surface area contributed by atoms with Crippen molar-refractivity contribution in [3.05, 3.63) is 53.6 Å². The van der Waals surface area contributed by atoms with Crippen LogP contribution in [-0.4, -0.2) is 23.3 Å². The average Bonchev–Trinajstić information content (AvgIpc) is 2.89. The molecule has 5 heteroatoms. The lowest BCUT2D eigenvalue weighted by molar-refractivity contribution is 0.414. The molecular weight excluding hydrogens is 264 g/mol. The molecule has 3 rings (SSSR count). The predicted molar refractivity (Wildman–Crippen MR) is 85.0 cm³/mol. The number of para-hydroxylation sites is 1. The Kier molecular flexibility index (Phi) is 3.55. The quantitative estimate of drug-likeness (QED) is 0.569. The number of hydrogen-bond acceptors (Lipinski definition) is 4. The maximum atomic E-state index is 5.27. The van der Waals surface area contributed by atoms with Gasteiger partial charge in [-0.05, 0) is 36.8 Å². The highest BCUT2D eigenvalue weighted by atomic mass is 16.5. The number of imidazole rings is 1. The van der Waals surface area contributed by atoms with Gasteiger partial charge < -0.3 is 9.72 Å². The van der Waals surface area contributed by atoms with Crippen molar-refractivity contribution in [3.8, 4) is 5.75 Å². The number of rotatable bonds is 4. The van der Waals surface area contributed by atoms with E-state index in [1.807, 2.05) is 43.3 Å². The highest BCUT2D eigenvalue weighted by Crippen LogP contribution is 2.17. The van der Waals surface area contributed by atoms with Gasteiger partial charge in [-0.2, -0.15) is 5.10 Å². The molecule has 2 N–H and O–H groups in total. The number of methoxy groups -OCH3 is 1. The van der Waals surface area contributed by atoms with Gasteiger partial charge in [0.05, 0.1) is 24.4 Å². The summed E-state index contributed by atoms with van der Waals surface area (Å²) in [4.78, 5) is 7.60. The second kappa shape index (κ2) is 5.66. The number of aromatic nitrogens is 2. The standard InChI is InChI=1S/C16H16N4O/c1-11-7-8-13-14(9-11)19-16(18-13)20-17-10-12-5-3-4-6-15(12)21-2/h3-10H,1-2H3,(H2,18,19,20)/b17-10-. The molecule has 5 nitrogen and oxygen atoms in total. The molecule has 0 radical (unpaired) electrons. The molecular formula is C16H16N4O. The van der Waals surface area contributed by atoms with E-state index in [-0.39, 0.29) is 0 Å². The summed E-state index contributed by atoms with van der Waals surface area (Å²) in [5, 5.41) is 4.19. The van der Waals surface area contributed by atoms with Gasteiger partial charge in [0.2, 0.25) is 5.95 Å². The molecule has 0 bridgehead atoms. The largest absolute Gasteiger partial charge is 0.496 e. The number of fused-ring (bicyclic) bond motifs is 1. The number of benzene rings is 2. The van der Waals surface area contributed by atoms with Crippen molar-refractivity contribution in [2.75, 3.05) is 12.5 Å². The van der Waals surface area contributed by atoms with Gasteiger partial charge in [0.15, 0.2) is 0 Å². The lowest BCUT2D eigenvalue weighted by Gasteiger charge is -2.02. The summed E-state index contributed by atoms with van der Waals surface area (Å²) in [5.74, 6) is 1.39. The van der Waals surface area contributed by atoms with Crippen LogP contribution in [0.2, 0.25) is 0 Å². The van der Waals surface area contributed by atoms with Crippen molar-refractivity contribution in [1.82, 2.24) is 9.97 Å². The molecule has 1 aromatic heterocycles. The van der Waals surface area contributed by atoms with Gasteiger partial charge in [-0.25, -0.2) is 10.4 Å². The summed E-state index contributed by atoms with van der Waals surface area (Å²) in [5.41, 5.74) is 6.90. The highest BCUT2D eigenvalue weighted by molar-refractivity contribution is 5.84. The van der Waals surface area contributed by atoms with Gasteiger partial charge in [0.25, 0.3) is 0 Å². The Morgan fingerprint density at radius 2 is 2.10 bits per heavy atom. The molecule has 0 spiro atoms. The van der Waals surface area contributed by atoms with Crippen LogP contribution in [0.1, 0.15) is 11.1 Å². The smallest absolute Gasteiger partial charge is 0.222 e. The molecule has 106 valence electrons. The molecule has 0 aliphatic carbocycles. The molecule has 0 atom stereocenters. The van der Waals surface area contributed by atoms with Crippen LogP contribution in [0, 0.1) is 6.92 Å². The molecule has 0 aliphatic heterocycles. The van der Waals surface area contributed by atoms with Crippen LogP contribution in [-0.2, 0) is 0 Å². The number of anilines is 1. The zero-order valence-electron chi connectivity index (χ0n) is 11.9. The minimum Gasteiger partial charge on any atom is -0.496 e. The van der Waals surface area contributed by atoms with Crippen molar-refractivity contribution in [1.29, 1.82) is 0 Å². The Balaban J connectivity index is 1.78. The fraction of sp³-hybridized carbons (Fsp3) is 0.125. The van der Waals surface area contributed by atoms with Crippen molar-refractivity contribution in [2.24, 2.45) is 5.10 Å². The zero-order chi connectivity index (χ0) is 14.7. The molecule has 0 saturated heterocycles. The third-order valence-corrected chi connectivity index (χ3v) is 3.15. The third-order valence-electron chi connectivity index (χ3n) is 3.15. The summed E-state index contributed by atoms with van der Waals surface area (Å²) in [6.07, 6.45) is 1.71. The first-order valence-electron chi connectivity index (χ1n) is 6.65. The number of nitrogens with zero attached hydrogens (tertiary/aromatic N) is 2. The van der Waals surface area contributed by atoms with E-state index < -0.39 is 0 Å². The topological polar surface area (TPSA) is 62.3 Å². The number of hydrazone groups is 1. The average molecular weight is 280 g/mol. The number of aryl methyl sites for hydroxylation is 1. The van der Waals surface area contributed by atoms with E-state index in [2.05, 4.69) is 26.6 Å². The summed E-state index contributed by atoms with van der Waals surface area (Å²) >= 11 is 0. The normalized spacial score (nSPS) is 11.1. The minimum atomic E-state index is 0.613. The second-order valence-electron chi connectivity index (χ2n) is 4.72. The molecule has 1 heterocycles. The molecule has 21 heavy (non-hydrogen) atoms. The zero-order valence-corrected chi connectivity index (χ0v) is 11.9. The van der Waals surface area contributed by atoms with Crippen molar-refractivity contribution < 1.29 is 4.74 Å². The van der Waals surface area contributed by atoms with Crippen LogP contribution in [0.3, 0.4) is 0 Å². The molecule has 0 fully saturated rings. The maximum absolute atomic E-state index is 5.27. The Bertz CT molecular complexity index is 792. The van der Waals surface area contributed by atoms with E-state index >= 15 is 0 Å². The molecule has 0 unspecified atom stereocenters. The maximum Gasteiger partial charge on any atom is 0.222 e. The van der Waals surface area contributed by atoms with Gasteiger partial charge in [-0.15, -0.1) is 0 Å². The summed E-state index contributed by atoms with van der Waals surface area (Å²) < 4.78 is 5.27. The lowest BCUT2D eigenvalue weighted by Crippen LogP contribution is -1.94. The molecule has 2 aromatic carbocycles. The summed E-state index contributed by atoms with van der Waals surface area (Å²) in [7, 11) is 1.64. The van der Waals surface area contributed by atoms with Crippen LogP contribution in [0.15, 0.2) is 47.6 Å². The first-order valence-corrected chi connectivity index (χ1v) is 6.65. The predicted octanol–water partition coefficient (Wildman–Crippen LogP) is 3.33. The first kappa shape index (κ1) is 13.2. The molecule has 3 aromatic rings. The Morgan fingerprint density at radius 1 is 1.24 bits per heavy atom. The summed E-state index contributed by atoms with van der Waals surface area (Å²) in [6.45, 7) is 2.05. The Labute approximate surface area is 122 Å². The molecule has 0 saturated carbocycles. The number of hydrogen-bond donors (Lipinski definition) is 2. The number of aromatic amines is 1. The molecule has 0 aliphatic rings. The monoisotopic (exact) mass is 280 g/mol. The number of nitrogens with one attached hydrogen (secondary N) is 2. The van der Waals surface area contributed by atoms with E-state index in [0.717, 1.165) is 22.3 Å². The van der Waals surface area contributed by atoms with E-state index in [1.54, 1.807) is 13.3 Å². The van der Waals surface area contributed by atoms with Crippen molar-refractivity contribution >= 4 is 23.2 Å². The van der Waals surface area contributed by atoms with Crippen LogP contribution in [0.25, 0.3) is 11.0 Å². The van der Waals surface area contributed by atoms with E-state index in [1.165, 1.54) is 5.56 Å². The fourth-order valence-corrected chi connectivity index (χ4v) is 2.11. The Morgan fingerprint density at radius 3 is 2.95 bits per heavy atom. The highest BCUT2D eigenvalue weighted by Gasteiger charge is 2.01. The van der Waals surface area contributed by atoms with Crippen LogP contribution in [0.5, 0.6) is 5.75 Å². The number of ether oxygens (including phenoxy) is 1. The van der Waals surface area contributed by atoms with E-state index in [4.69, 9.17) is 4.74 Å². The van der Waals surface area contributed by atoms with Crippen molar-refractivity contribution in [2.45, 2.75) is 6.92 Å². The van der Waals surface area contributed by atoms with Gasteiger partial charge >= 0.3 is 0 Å². The van der Waals surface area contributed by atoms with Gasteiger partial charge in [-0.1, -0.05) is 18.2 Å². The van der Waals surface area contributed by atoms with Crippen molar-refractivity contribution in [3.63, 3.8) is 0 Å². The SMILES string of the molecule is COc1ccccc1/C=N\Nc1nc2ccc(C)cc2[nH]1. The van der Waals surface area contributed by atoms with E-state index in [9.17, 15) is 0 Å². The first-order chi connectivity index (χ1) is 10.3. The Hall–Kier alpha value is -2.82. The van der Waals surface area contributed by atoms with E-state index in [0.29, 0.717) is 5.95 Å². The third kappa shape index (κ3) is 2.86. The van der Waals surface area contributed by atoms with Gasteiger partial charge in [0, 0.05) is 5.56 Å². The van der Waals surface area contributed by atoms with Gasteiger partial charge in [0.1, 0.15) is 5.75 Å². The van der Waals surface area contributed by atoms with Gasteiger partial charge in [-0.3, -0.25) is 0 Å². The van der Waals surface area contributed by atoms with Crippen LogP contribution >= 0.6 is 0 Å². The van der Waals surface area contributed by atoms with Crippen LogP contribution in [0.4, 0.5) is 5.95 Å². The molecule has 0 amide bonds.